The summed E-state index contributed by atoms with van der Waals surface area (Å²) in [5.74, 6) is 1.24. The maximum atomic E-state index is 11.8. The molecule has 6 heteroatoms. The number of aromatic hydroxyl groups is 1. The van der Waals surface area contributed by atoms with Crippen LogP contribution in [0.25, 0.3) is 11.0 Å². The number of aromatic nitrogens is 2. The molecule has 0 fully saturated rings. The van der Waals surface area contributed by atoms with Crippen LogP contribution >= 0.6 is 0 Å². The van der Waals surface area contributed by atoms with Crippen LogP contribution in [0.4, 0.5) is 0 Å². The van der Waals surface area contributed by atoms with Crippen LogP contribution in [-0.2, 0) is 0 Å². The number of benzene rings is 2. The first kappa shape index (κ1) is 23.7. The number of nitrogens with one attached hydrogen (secondary N) is 1. The lowest BCUT2D eigenvalue weighted by Gasteiger charge is -2.05. The predicted molar refractivity (Wildman–Crippen MR) is 129 cm³/mol. The molecule has 0 spiro atoms. The summed E-state index contributed by atoms with van der Waals surface area (Å²) in [5.41, 5.74) is 2.17. The maximum Gasteiger partial charge on any atom is 0.165 e. The van der Waals surface area contributed by atoms with Crippen molar-refractivity contribution < 1.29 is 19.4 Å². The molecule has 0 bridgehead atoms. The van der Waals surface area contributed by atoms with Gasteiger partial charge in [0.1, 0.15) is 17.1 Å². The summed E-state index contributed by atoms with van der Waals surface area (Å²) in [6.07, 6.45) is 6.06. The zero-order valence-electron chi connectivity index (χ0n) is 18.7. The van der Waals surface area contributed by atoms with Crippen molar-refractivity contribution in [2.24, 2.45) is 0 Å². The first-order valence-electron chi connectivity index (χ1n) is 11.0. The SMILES string of the molecule is CCCC(=O)c1c[nH]c2ncccc12.O=C(CCCOc1ccccc1)c1ccc(O)cc1. The Labute approximate surface area is 193 Å². The summed E-state index contributed by atoms with van der Waals surface area (Å²) in [4.78, 5) is 30.6. The molecule has 0 unspecified atom stereocenters. The minimum absolute atomic E-state index is 0.0664. The second-order valence-electron chi connectivity index (χ2n) is 7.51. The molecule has 0 amide bonds. The maximum absolute atomic E-state index is 11.8. The van der Waals surface area contributed by atoms with Crippen molar-refractivity contribution in [3.63, 3.8) is 0 Å². The van der Waals surface area contributed by atoms with Gasteiger partial charge in [-0.25, -0.2) is 4.98 Å². The molecule has 0 saturated heterocycles. The quantitative estimate of drug-likeness (QED) is 0.245. The number of hydrogen-bond acceptors (Lipinski definition) is 5. The number of pyridine rings is 1. The summed E-state index contributed by atoms with van der Waals surface area (Å²) in [6.45, 7) is 2.53. The molecular weight excluding hydrogens is 416 g/mol. The van der Waals surface area contributed by atoms with E-state index in [2.05, 4.69) is 9.97 Å². The van der Waals surface area contributed by atoms with Crippen LogP contribution in [0.1, 0.15) is 53.3 Å². The van der Waals surface area contributed by atoms with Crippen LogP contribution in [0.5, 0.6) is 11.5 Å². The van der Waals surface area contributed by atoms with Crippen LogP contribution in [0.15, 0.2) is 79.1 Å². The summed E-state index contributed by atoms with van der Waals surface area (Å²) >= 11 is 0. The number of H-pyrrole nitrogens is 1. The zero-order valence-corrected chi connectivity index (χ0v) is 18.7. The van der Waals surface area contributed by atoms with E-state index in [1.807, 2.05) is 49.4 Å². The van der Waals surface area contributed by atoms with E-state index in [1.165, 1.54) is 12.1 Å². The largest absolute Gasteiger partial charge is 0.508 e. The molecule has 4 aromatic rings. The molecule has 170 valence electrons. The Balaban J connectivity index is 0.000000194. The number of Topliss-reactive ketones (excluding diaryl/α,β-unsaturated/α-hetero) is 2. The molecule has 0 saturated carbocycles. The standard InChI is InChI=1S/C16H16O3.C11H12N2O/c17-14-10-8-13(9-11-14)16(18)7-4-12-19-15-5-2-1-3-6-15;1-2-4-10(14)9-7-13-11-8(9)5-3-6-12-11/h1-3,5-6,8-11,17H,4,7,12H2;3,5-7H,2,4H2,1H3,(H,12,13). The number of hydrogen-bond donors (Lipinski definition) is 2. The molecule has 6 nitrogen and oxygen atoms in total. The Morgan fingerprint density at radius 2 is 1.70 bits per heavy atom. The van der Waals surface area contributed by atoms with Gasteiger partial charge in [0, 0.05) is 41.7 Å². The number of rotatable bonds is 9. The third-order valence-electron chi connectivity index (χ3n) is 4.98. The molecule has 0 radical (unpaired) electrons. The van der Waals surface area contributed by atoms with Gasteiger partial charge < -0.3 is 14.8 Å². The molecule has 2 aromatic heterocycles. The van der Waals surface area contributed by atoms with E-state index in [4.69, 9.17) is 9.84 Å². The number of ether oxygens (including phenoxy) is 1. The molecule has 0 aliphatic rings. The third kappa shape index (κ3) is 7.04. The highest BCUT2D eigenvalue weighted by molar-refractivity contribution is 6.07. The van der Waals surface area contributed by atoms with E-state index < -0.39 is 0 Å². The summed E-state index contributed by atoms with van der Waals surface area (Å²) < 4.78 is 5.52. The number of phenolic OH excluding ortho intramolecular Hbond substituents is 1. The first-order chi connectivity index (χ1) is 16.1. The van der Waals surface area contributed by atoms with Gasteiger partial charge >= 0.3 is 0 Å². The van der Waals surface area contributed by atoms with Gasteiger partial charge in [0.2, 0.25) is 0 Å². The Morgan fingerprint density at radius 3 is 2.42 bits per heavy atom. The normalized spacial score (nSPS) is 10.3. The van der Waals surface area contributed by atoms with Crippen LogP contribution in [0.3, 0.4) is 0 Å². The Hall–Kier alpha value is -3.93. The number of fused-ring (bicyclic) bond motifs is 1. The number of aromatic amines is 1. The van der Waals surface area contributed by atoms with Gasteiger partial charge in [0.15, 0.2) is 11.6 Å². The number of nitrogens with zero attached hydrogens (tertiary/aromatic N) is 1. The molecular formula is C27H28N2O4. The highest BCUT2D eigenvalue weighted by atomic mass is 16.5. The summed E-state index contributed by atoms with van der Waals surface area (Å²) in [7, 11) is 0. The van der Waals surface area contributed by atoms with Crippen molar-refractivity contribution in [2.45, 2.75) is 32.6 Å². The fraction of sp³-hybridized carbons (Fsp3) is 0.222. The Morgan fingerprint density at radius 1 is 0.939 bits per heavy atom. The van der Waals surface area contributed by atoms with Gasteiger partial charge in [0.05, 0.1) is 6.61 Å². The minimum Gasteiger partial charge on any atom is -0.508 e. The van der Waals surface area contributed by atoms with Gasteiger partial charge in [-0.05, 0) is 61.4 Å². The van der Waals surface area contributed by atoms with Gasteiger partial charge in [-0.3, -0.25) is 9.59 Å². The summed E-state index contributed by atoms with van der Waals surface area (Å²) in [6, 6.07) is 19.6. The highest BCUT2D eigenvalue weighted by Gasteiger charge is 2.10. The van der Waals surface area contributed by atoms with Crippen LogP contribution in [0.2, 0.25) is 0 Å². The van der Waals surface area contributed by atoms with E-state index in [0.717, 1.165) is 28.8 Å². The molecule has 0 aliphatic heterocycles. The fourth-order valence-electron chi connectivity index (χ4n) is 3.28. The predicted octanol–water partition coefficient (Wildman–Crippen LogP) is 5.98. The van der Waals surface area contributed by atoms with E-state index in [-0.39, 0.29) is 17.3 Å². The molecule has 0 aliphatic carbocycles. The van der Waals surface area contributed by atoms with Crippen molar-refractivity contribution in [1.82, 2.24) is 9.97 Å². The van der Waals surface area contributed by atoms with E-state index in [1.54, 1.807) is 24.5 Å². The average molecular weight is 445 g/mol. The van der Waals surface area contributed by atoms with Crippen molar-refractivity contribution in [1.29, 1.82) is 0 Å². The van der Waals surface area contributed by atoms with Gasteiger partial charge in [0.25, 0.3) is 0 Å². The van der Waals surface area contributed by atoms with E-state index >= 15 is 0 Å². The molecule has 2 aromatic carbocycles. The highest BCUT2D eigenvalue weighted by Crippen LogP contribution is 2.17. The number of carbonyl (C=O) groups is 2. The average Bonchev–Trinajstić information content (AvgIpc) is 3.28. The van der Waals surface area contributed by atoms with Gasteiger partial charge in [-0.2, -0.15) is 0 Å². The second-order valence-corrected chi connectivity index (χ2v) is 7.51. The third-order valence-corrected chi connectivity index (χ3v) is 4.98. The lowest BCUT2D eigenvalue weighted by Crippen LogP contribution is -2.03. The number of ketones is 2. The van der Waals surface area contributed by atoms with Crippen molar-refractivity contribution in [3.05, 3.63) is 90.3 Å². The zero-order chi connectivity index (χ0) is 23.5. The second kappa shape index (κ2) is 12.2. The van der Waals surface area contributed by atoms with Crippen LogP contribution in [0, 0.1) is 0 Å². The number of phenols is 1. The fourth-order valence-corrected chi connectivity index (χ4v) is 3.28. The molecule has 4 rings (SSSR count). The Kier molecular flexibility index (Phi) is 8.77. The lowest BCUT2D eigenvalue weighted by molar-refractivity contribution is 0.0969. The van der Waals surface area contributed by atoms with Gasteiger partial charge in [-0.1, -0.05) is 25.1 Å². The van der Waals surface area contributed by atoms with Crippen LogP contribution in [-0.4, -0.2) is 33.2 Å². The monoisotopic (exact) mass is 444 g/mol. The topological polar surface area (TPSA) is 92.3 Å². The lowest BCUT2D eigenvalue weighted by atomic mass is 10.1. The first-order valence-corrected chi connectivity index (χ1v) is 11.0. The van der Waals surface area contributed by atoms with Crippen molar-refractivity contribution in [2.75, 3.05) is 6.61 Å². The van der Waals surface area contributed by atoms with Gasteiger partial charge in [-0.15, -0.1) is 0 Å². The van der Waals surface area contributed by atoms with Crippen molar-refractivity contribution in [3.8, 4) is 11.5 Å². The minimum atomic E-state index is 0.0664. The van der Waals surface area contributed by atoms with E-state index in [0.29, 0.717) is 31.4 Å². The Bertz CT molecular complexity index is 1170. The molecule has 0 atom stereocenters. The number of carbonyl (C=O) groups excluding carboxylic acids is 2. The molecule has 2 heterocycles. The molecule has 33 heavy (non-hydrogen) atoms. The van der Waals surface area contributed by atoms with Crippen LogP contribution < -0.4 is 4.74 Å². The van der Waals surface area contributed by atoms with Crippen molar-refractivity contribution >= 4 is 22.6 Å². The molecule has 2 N–H and O–H groups in total. The smallest absolute Gasteiger partial charge is 0.165 e. The number of para-hydroxylation sites is 1. The summed E-state index contributed by atoms with van der Waals surface area (Å²) in [5, 5.41) is 10.1. The van der Waals surface area contributed by atoms with E-state index in [9.17, 15) is 9.59 Å².